The highest BCUT2D eigenvalue weighted by Gasteiger charge is 2.02. The van der Waals surface area contributed by atoms with Crippen LogP contribution in [0.1, 0.15) is 40.0 Å². The monoisotopic (exact) mass is 202 g/mol. The Morgan fingerprint density at radius 1 is 1.00 bits per heavy atom. The molecule has 0 aromatic carbocycles. The normalized spacial score (nSPS) is 11.8. The third-order valence-corrected chi connectivity index (χ3v) is 3.21. The van der Waals surface area contributed by atoms with Crippen LogP contribution in [-0.2, 0) is 0 Å². The van der Waals surface area contributed by atoms with Crippen LogP contribution >= 0.6 is 0 Å². The molecule has 0 aliphatic heterocycles. The maximum atomic E-state index is 2.56. The van der Waals surface area contributed by atoms with Gasteiger partial charge in [0.15, 0.2) is 0 Å². The zero-order valence-corrected chi connectivity index (χ0v) is 11.8. The van der Waals surface area contributed by atoms with Gasteiger partial charge in [-0.25, -0.2) is 0 Å². The van der Waals surface area contributed by atoms with E-state index >= 15 is 0 Å². The van der Waals surface area contributed by atoms with Crippen molar-refractivity contribution < 1.29 is 0 Å². The fraction of sp³-hybridized carbons (Fsp3) is 1.00. The van der Waals surface area contributed by atoms with Crippen molar-refractivity contribution in [2.45, 2.75) is 40.0 Å². The summed E-state index contributed by atoms with van der Waals surface area (Å²) in [6.07, 6.45) is 4.10. The Balaban J connectivity index is 3.42. The first-order valence-electron chi connectivity index (χ1n) is 5.65. The van der Waals surface area contributed by atoms with E-state index < -0.39 is 0 Å². The van der Waals surface area contributed by atoms with Crippen molar-refractivity contribution in [2.75, 3.05) is 26.3 Å². The molecule has 0 atom stereocenters. The van der Waals surface area contributed by atoms with Crippen LogP contribution in [0.5, 0.6) is 0 Å². The van der Waals surface area contributed by atoms with Crippen LogP contribution < -0.4 is 0 Å². The lowest BCUT2D eigenvalue weighted by Crippen LogP contribution is -2.36. The third kappa shape index (κ3) is 7.23. The molecular weight excluding hydrogens is 176 g/mol. The van der Waals surface area contributed by atoms with Crippen LogP contribution in [0.25, 0.3) is 0 Å². The molecule has 0 saturated heterocycles. The predicted octanol–water partition coefficient (Wildman–Crippen LogP) is 1.06. The van der Waals surface area contributed by atoms with E-state index in [2.05, 4.69) is 30.2 Å². The molecule has 0 heterocycles. The summed E-state index contributed by atoms with van der Waals surface area (Å²) in [4.78, 5) is 2.49. The summed E-state index contributed by atoms with van der Waals surface area (Å²) < 4.78 is 2.56. The second-order valence-electron chi connectivity index (χ2n) is 3.73. The average Bonchev–Trinajstić information content (AvgIpc) is 2.14. The standard InChI is InChI=1S/C10H26N2Si/c1-4-7-8-9-12(13)10-11(5-2)6-3/h4-10H2,1-3,13H3. The zero-order valence-electron chi connectivity index (χ0n) is 9.84. The molecule has 0 aliphatic carbocycles. The van der Waals surface area contributed by atoms with E-state index in [0.717, 1.165) is 0 Å². The van der Waals surface area contributed by atoms with Crippen molar-refractivity contribution in [1.82, 2.24) is 9.47 Å². The highest BCUT2D eigenvalue weighted by Crippen LogP contribution is 1.97. The Bertz CT molecular complexity index is 105. The number of nitrogens with zero attached hydrogens (tertiary/aromatic N) is 2. The van der Waals surface area contributed by atoms with Crippen LogP contribution in [0.2, 0.25) is 0 Å². The molecule has 0 aromatic rings. The molecule has 0 rings (SSSR count). The van der Waals surface area contributed by atoms with Crippen LogP contribution in [0, 0.1) is 0 Å². The second kappa shape index (κ2) is 8.72. The molecule has 0 unspecified atom stereocenters. The quantitative estimate of drug-likeness (QED) is 0.330. The van der Waals surface area contributed by atoms with Crippen molar-refractivity contribution in [1.29, 1.82) is 0 Å². The minimum absolute atomic E-state index is 1.18. The molecule has 0 saturated carbocycles. The molecule has 0 fully saturated rings. The van der Waals surface area contributed by atoms with Gasteiger partial charge in [0.2, 0.25) is 0 Å². The lowest BCUT2D eigenvalue weighted by molar-refractivity contribution is 0.212. The Morgan fingerprint density at radius 2 is 1.62 bits per heavy atom. The van der Waals surface area contributed by atoms with E-state index in [1.807, 2.05) is 0 Å². The maximum absolute atomic E-state index is 2.56. The van der Waals surface area contributed by atoms with Crippen molar-refractivity contribution in [3.05, 3.63) is 0 Å². The third-order valence-electron chi connectivity index (χ3n) is 2.48. The number of hydrogen-bond acceptors (Lipinski definition) is 2. The molecule has 0 bridgehead atoms. The lowest BCUT2D eigenvalue weighted by Gasteiger charge is -2.25. The minimum atomic E-state index is 1.18. The first-order valence-corrected chi connectivity index (χ1v) is 6.54. The smallest absolute Gasteiger partial charge is 0.0800 e. The minimum Gasteiger partial charge on any atom is -0.320 e. The summed E-state index contributed by atoms with van der Waals surface area (Å²) in [5.41, 5.74) is 0. The van der Waals surface area contributed by atoms with Gasteiger partial charge in [-0.15, -0.1) is 0 Å². The Morgan fingerprint density at radius 3 is 2.08 bits per heavy atom. The van der Waals surface area contributed by atoms with Crippen LogP contribution in [0.15, 0.2) is 0 Å². The lowest BCUT2D eigenvalue weighted by atomic mass is 10.2. The molecule has 0 aromatic heterocycles. The molecule has 0 spiro atoms. The van der Waals surface area contributed by atoms with E-state index in [0.29, 0.717) is 0 Å². The average molecular weight is 202 g/mol. The van der Waals surface area contributed by atoms with Gasteiger partial charge < -0.3 is 4.57 Å². The predicted molar refractivity (Wildman–Crippen MR) is 64.0 cm³/mol. The van der Waals surface area contributed by atoms with Gasteiger partial charge in [-0.1, -0.05) is 33.6 Å². The first kappa shape index (κ1) is 13.1. The number of unbranched alkanes of at least 4 members (excludes halogenated alkanes) is 2. The molecular formula is C10H26N2Si. The molecule has 3 heteroatoms. The summed E-state index contributed by atoms with van der Waals surface area (Å²) in [6.45, 7) is 11.6. The van der Waals surface area contributed by atoms with Crippen LogP contribution in [-0.4, -0.2) is 46.2 Å². The summed E-state index contributed by atoms with van der Waals surface area (Å²) in [5.74, 6) is 0. The molecule has 0 radical (unpaired) electrons. The van der Waals surface area contributed by atoms with Crippen molar-refractivity contribution in [3.63, 3.8) is 0 Å². The van der Waals surface area contributed by atoms with Crippen molar-refractivity contribution in [3.8, 4) is 0 Å². The van der Waals surface area contributed by atoms with Crippen molar-refractivity contribution in [2.24, 2.45) is 0 Å². The highest BCUT2D eigenvalue weighted by molar-refractivity contribution is 6.04. The number of hydrogen-bond donors (Lipinski definition) is 0. The second-order valence-corrected chi connectivity index (χ2v) is 5.00. The fourth-order valence-electron chi connectivity index (χ4n) is 1.47. The topological polar surface area (TPSA) is 6.48 Å². The first-order chi connectivity index (χ1) is 6.24. The van der Waals surface area contributed by atoms with Gasteiger partial charge in [0.05, 0.1) is 10.4 Å². The molecule has 2 nitrogen and oxygen atoms in total. The highest BCUT2D eigenvalue weighted by atomic mass is 28.2. The van der Waals surface area contributed by atoms with E-state index in [1.54, 1.807) is 0 Å². The van der Waals surface area contributed by atoms with Crippen molar-refractivity contribution >= 4 is 10.4 Å². The summed E-state index contributed by atoms with van der Waals surface area (Å²) in [6, 6.07) is 0. The van der Waals surface area contributed by atoms with Gasteiger partial charge in [0.25, 0.3) is 0 Å². The van der Waals surface area contributed by atoms with Crippen LogP contribution in [0.4, 0.5) is 0 Å². The summed E-state index contributed by atoms with van der Waals surface area (Å²) in [7, 11) is 1.20. The van der Waals surface area contributed by atoms with Gasteiger partial charge >= 0.3 is 0 Å². The van der Waals surface area contributed by atoms with Gasteiger partial charge in [-0.2, -0.15) is 0 Å². The van der Waals surface area contributed by atoms with E-state index in [4.69, 9.17) is 0 Å². The van der Waals surface area contributed by atoms with Gasteiger partial charge in [-0.3, -0.25) is 4.90 Å². The molecule has 0 N–H and O–H groups in total. The Labute approximate surface area is 86.8 Å². The zero-order chi connectivity index (χ0) is 10.1. The van der Waals surface area contributed by atoms with Gasteiger partial charge in [0.1, 0.15) is 0 Å². The number of rotatable bonds is 8. The molecule has 0 aliphatic rings. The SMILES string of the molecule is CCCCCN([SiH3])CN(CC)CC. The van der Waals surface area contributed by atoms with E-state index in [9.17, 15) is 0 Å². The summed E-state index contributed by atoms with van der Waals surface area (Å²) in [5, 5.41) is 0. The van der Waals surface area contributed by atoms with Gasteiger partial charge in [0, 0.05) is 6.67 Å². The van der Waals surface area contributed by atoms with Crippen LogP contribution in [0.3, 0.4) is 0 Å². The largest absolute Gasteiger partial charge is 0.320 e. The van der Waals surface area contributed by atoms with E-state index in [1.165, 1.54) is 56.0 Å². The fourth-order valence-corrected chi connectivity index (χ4v) is 2.18. The Kier molecular flexibility index (Phi) is 8.81. The molecule has 13 heavy (non-hydrogen) atoms. The Hall–Kier alpha value is 0.137. The van der Waals surface area contributed by atoms with Gasteiger partial charge in [-0.05, 0) is 26.1 Å². The summed E-state index contributed by atoms with van der Waals surface area (Å²) >= 11 is 0. The molecule has 0 amide bonds. The maximum Gasteiger partial charge on any atom is 0.0800 e. The van der Waals surface area contributed by atoms with E-state index in [-0.39, 0.29) is 0 Å². The molecule has 80 valence electrons.